The first-order valence-corrected chi connectivity index (χ1v) is 13.6. The molecule has 4 aromatic carbocycles. The van der Waals surface area contributed by atoms with Crippen molar-refractivity contribution in [2.45, 2.75) is 31.5 Å². The number of aliphatic hydroxyl groups is 1. The number of quaternary nitrogens is 1. The second-order valence-electron chi connectivity index (χ2n) is 11.2. The summed E-state index contributed by atoms with van der Waals surface area (Å²) in [5.41, 5.74) is 3.37. The summed E-state index contributed by atoms with van der Waals surface area (Å²) in [6.45, 7) is 7.28. The van der Waals surface area contributed by atoms with Gasteiger partial charge < -0.3 is 9.59 Å². The van der Waals surface area contributed by atoms with Crippen LogP contribution >= 0.6 is 0 Å². The van der Waals surface area contributed by atoms with Crippen LogP contribution in [0.3, 0.4) is 0 Å². The molecule has 0 amide bonds. The van der Waals surface area contributed by atoms with Crippen LogP contribution in [0.4, 0.5) is 0 Å². The topological polar surface area (TPSA) is 33.1 Å². The van der Waals surface area contributed by atoms with Gasteiger partial charge in [0.05, 0.1) is 18.6 Å². The number of nitrogens with zero attached hydrogens (tertiary/aromatic N) is 2. The standard InChI is InChI=1S/C34H33N2O/c1-2-23-21-36(22-31-27-11-5-3-9-25(27)19-26-10-4-6-12-28(26)31)18-16-24(23)20-33(36)34(37)30-15-17-35-32-14-8-7-13-29(30)32/h2-15,17,19,23-24,33-34,37H,1,16,18,20-22H2/q+1/t23?,24-,33-,34+,36-/m0/s1. The Bertz CT molecular complexity index is 1580. The second kappa shape index (κ2) is 8.79. The Hall–Kier alpha value is -3.53. The number of fused-ring (bicyclic) bond motifs is 6. The third-order valence-electron chi connectivity index (χ3n) is 9.40. The van der Waals surface area contributed by atoms with E-state index >= 15 is 0 Å². The van der Waals surface area contributed by atoms with Crippen molar-refractivity contribution in [3.63, 3.8) is 0 Å². The molecule has 0 saturated carbocycles. The van der Waals surface area contributed by atoms with E-state index in [1.165, 1.54) is 33.5 Å². The molecule has 8 rings (SSSR count). The van der Waals surface area contributed by atoms with Crippen molar-refractivity contribution >= 4 is 32.4 Å². The number of aromatic nitrogens is 1. The van der Waals surface area contributed by atoms with Gasteiger partial charge in [-0.15, -0.1) is 6.58 Å². The first kappa shape index (κ1) is 22.7. The zero-order valence-corrected chi connectivity index (χ0v) is 21.1. The van der Waals surface area contributed by atoms with Crippen LogP contribution in [-0.2, 0) is 6.54 Å². The Balaban J connectivity index is 1.39. The highest BCUT2D eigenvalue weighted by Gasteiger charge is 2.54. The molecule has 3 fully saturated rings. The smallest absolute Gasteiger partial charge is 0.131 e. The number of pyridine rings is 1. The van der Waals surface area contributed by atoms with Gasteiger partial charge in [0.2, 0.25) is 0 Å². The zero-order valence-electron chi connectivity index (χ0n) is 21.1. The number of hydrogen-bond acceptors (Lipinski definition) is 2. The van der Waals surface area contributed by atoms with Crippen molar-refractivity contribution in [2.75, 3.05) is 13.1 Å². The minimum Gasteiger partial charge on any atom is -0.382 e. The highest BCUT2D eigenvalue weighted by atomic mass is 16.3. The molecule has 1 N–H and O–H groups in total. The number of rotatable bonds is 5. The Kier molecular flexibility index (Phi) is 5.38. The molecule has 2 bridgehead atoms. The predicted molar refractivity (Wildman–Crippen MR) is 152 cm³/mol. The molecule has 0 spiro atoms. The van der Waals surface area contributed by atoms with E-state index in [-0.39, 0.29) is 6.04 Å². The lowest BCUT2D eigenvalue weighted by molar-refractivity contribution is -0.984. The Morgan fingerprint density at radius 3 is 2.32 bits per heavy atom. The van der Waals surface area contributed by atoms with Crippen molar-refractivity contribution in [3.8, 4) is 0 Å². The number of piperidine rings is 3. The lowest BCUT2D eigenvalue weighted by Crippen LogP contribution is -2.67. The summed E-state index contributed by atoms with van der Waals surface area (Å²) >= 11 is 0. The molecular weight excluding hydrogens is 452 g/mol. The highest BCUT2D eigenvalue weighted by molar-refractivity contribution is 6.02. The van der Waals surface area contributed by atoms with E-state index < -0.39 is 6.10 Å². The Labute approximate surface area is 218 Å². The molecule has 3 aliphatic heterocycles. The highest BCUT2D eigenvalue weighted by Crippen LogP contribution is 2.49. The Morgan fingerprint density at radius 1 is 0.919 bits per heavy atom. The summed E-state index contributed by atoms with van der Waals surface area (Å²) in [4.78, 5) is 4.57. The van der Waals surface area contributed by atoms with Crippen LogP contribution < -0.4 is 0 Å². The molecule has 3 nitrogen and oxygen atoms in total. The summed E-state index contributed by atoms with van der Waals surface area (Å²) in [5.74, 6) is 1.09. The quantitative estimate of drug-likeness (QED) is 0.162. The van der Waals surface area contributed by atoms with E-state index in [0.29, 0.717) is 11.8 Å². The SMILES string of the molecule is C=CC1C[N@+]2(Cc3c4ccccc4cc4ccccc34)CC[C@H]1C[C@H]2[C@H](O)c1ccnc2ccccc12. The number of hydrogen-bond donors (Lipinski definition) is 1. The van der Waals surface area contributed by atoms with Gasteiger partial charge in [-0.3, -0.25) is 4.98 Å². The van der Waals surface area contributed by atoms with Gasteiger partial charge in [-0.2, -0.15) is 0 Å². The fourth-order valence-electron chi connectivity index (χ4n) is 7.56. The molecule has 3 heteroatoms. The van der Waals surface area contributed by atoms with Gasteiger partial charge in [0, 0.05) is 35.9 Å². The summed E-state index contributed by atoms with van der Waals surface area (Å²) in [7, 11) is 0. The van der Waals surface area contributed by atoms with Gasteiger partial charge in [-0.25, -0.2) is 0 Å². The van der Waals surface area contributed by atoms with E-state index in [1.807, 2.05) is 30.5 Å². The lowest BCUT2D eigenvalue weighted by Gasteiger charge is -2.58. The van der Waals surface area contributed by atoms with Gasteiger partial charge in [-0.05, 0) is 51.2 Å². The number of aliphatic hydroxyl groups excluding tert-OH is 1. The zero-order chi connectivity index (χ0) is 25.0. The predicted octanol–water partition coefficient (Wildman–Crippen LogP) is 7.19. The molecule has 0 radical (unpaired) electrons. The van der Waals surface area contributed by atoms with Gasteiger partial charge in [0.25, 0.3) is 0 Å². The van der Waals surface area contributed by atoms with Crippen LogP contribution in [0.2, 0.25) is 0 Å². The van der Waals surface area contributed by atoms with Crippen LogP contribution in [0.25, 0.3) is 32.4 Å². The fraction of sp³-hybridized carbons (Fsp3) is 0.265. The molecule has 5 atom stereocenters. The van der Waals surface area contributed by atoms with E-state index in [9.17, 15) is 5.11 Å². The largest absolute Gasteiger partial charge is 0.382 e. The third kappa shape index (κ3) is 3.60. The van der Waals surface area contributed by atoms with Gasteiger partial charge in [0.1, 0.15) is 18.7 Å². The van der Waals surface area contributed by atoms with Crippen molar-refractivity contribution < 1.29 is 9.59 Å². The van der Waals surface area contributed by atoms with Crippen molar-refractivity contribution in [2.24, 2.45) is 11.8 Å². The summed E-state index contributed by atoms with van der Waals surface area (Å²) in [5, 5.41) is 18.4. The van der Waals surface area contributed by atoms with Crippen LogP contribution in [0, 0.1) is 11.8 Å². The van der Waals surface area contributed by atoms with Crippen molar-refractivity contribution in [3.05, 3.63) is 115 Å². The maximum absolute atomic E-state index is 12.1. The first-order valence-electron chi connectivity index (χ1n) is 13.6. The monoisotopic (exact) mass is 485 g/mol. The molecule has 37 heavy (non-hydrogen) atoms. The van der Waals surface area contributed by atoms with Crippen molar-refractivity contribution in [1.29, 1.82) is 0 Å². The average molecular weight is 486 g/mol. The molecular formula is C34H33N2O+. The number of para-hydroxylation sites is 1. The molecule has 184 valence electrons. The van der Waals surface area contributed by atoms with Gasteiger partial charge in [0.15, 0.2) is 0 Å². The summed E-state index contributed by atoms with van der Waals surface area (Å²) in [6, 6.07) is 30.3. The minimum atomic E-state index is -0.539. The van der Waals surface area contributed by atoms with E-state index in [2.05, 4.69) is 78.3 Å². The fourth-order valence-corrected chi connectivity index (χ4v) is 7.56. The number of benzene rings is 4. The third-order valence-corrected chi connectivity index (χ3v) is 9.40. The van der Waals surface area contributed by atoms with Crippen molar-refractivity contribution in [1.82, 2.24) is 4.98 Å². The molecule has 0 aliphatic carbocycles. The first-order chi connectivity index (χ1) is 18.2. The maximum atomic E-state index is 12.1. The van der Waals surface area contributed by atoms with Crippen LogP contribution in [0.5, 0.6) is 0 Å². The minimum absolute atomic E-state index is 0.137. The van der Waals surface area contributed by atoms with E-state index in [4.69, 9.17) is 0 Å². The van der Waals surface area contributed by atoms with Crippen LogP contribution in [0.15, 0.2) is 104 Å². The van der Waals surface area contributed by atoms with Crippen LogP contribution in [0.1, 0.15) is 30.1 Å². The lowest BCUT2D eigenvalue weighted by atomic mass is 9.71. The maximum Gasteiger partial charge on any atom is 0.131 e. The molecule has 1 aromatic heterocycles. The molecule has 3 saturated heterocycles. The molecule has 4 heterocycles. The molecule has 3 aliphatic rings. The average Bonchev–Trinajstić information content (AvgIpc) is 2.96. The normalized spacial score (nSPS) is 26.0. The summed E-state index contributed by atoms with van der Waals surface area (Å²) in [6.07, 6.45) is 5.72. The van der Waals surface area contributed by atoms with Crippen LogP contribution in [-0.4, -0.2) is 33.7 Å². The van der Waals surface area contributed by atoms with Gasteiger partial charge in [-0.1, -0.05) is 72.8 Å². The second-order valence-corrected chi connectivity index (χ2v) is 11.2. The molecule has 5 aromatic rings. The van der Waals surface area contributed by atoms with E-state index in [1.54, 1.807) is 0 Å². The van der Waals surface area contributed by atoms with E-state index in [0.717, 1.165) is 47.0 Å². The molecule has 1 unspecified atom stereocenters. The summed E-state index contributed by atoms with van der Waals surface area (Å²) < 4.78 is 0.906. The van der Waals surface area contributed by atoms with Gasteiger partial charge >= 0.3 is 0 Å². The Morgan fingerprint density at radius 2 is 1.59 bits per heavy atom.